The van der Waals surface area contributed by atoms with Crippen molar-refractivity contribution in [1.29, 1.82) is 0 Å². The zero-order valence-corrected chi connectivity index (χ0v) is 11.2. The molecule has 80 valence electrons. The third-order valence-electron chi connectivity index (χ3n) is 2.71. The van der Waals surface area contributed by atoms with Gasteiger partial charge in [0.15, 0.2) is 0 Å². The summed E-state index contributed by atoms with van der Waals surface area (Å²) < 4.78 is 1.18. The second-order valence-corrected chi connectivity index (χ2v) is 5.59. The molecule has 0 amide bonds. The highest BCUT2D eigenvalue weighted by Crippen LogP contribution is 2.23. The predicted molar refractivity (Wildman–Crippen MR) is 67.8 cm³/mol. The lowest BCUT2D eigenvalue weighted by Crippen LogP contribution is -2.31. The van der Waals surface area contributed by atoms with E-state index in [0.717, 1.165) is 6.42 Å². The first-order valence-corrected chi connectivity index (χ1v) is 6.83. The molecule has 0 saturated heterocycles. The highest BCUT2D eigenvalue weighted by atomic mass is 79.9. The Kier molecular flexibility index (Phi) is 5.13. The maximum Gasteiger partial charge on any atom is 0.0285 e. The largest absolute Gasteiger partial charge is 0.327 e. The predicted octanol–water partition coefficient (Wildman–Crippen LogP) is 3.82. The number of hydrogen-bond acceptors (Lipinski definition) is 2. The molecule has 0 aliphatic heterocycles. The van der Waals surface area contributed by atoms with Gasteiger partial charge in [0.25, 0.3) is 0 Å². The van der Waals surface area contributed by atoms with Crippen LogP contribution in [0.2, 0.25) is 0 Å². The van der Waals surface area contributed by atoms with Crippen LogP contribution in [0.25, 0.3) is 0 Å². The number of hydrogen-bond donors (Lipinski definition) is 1. The summed E-state index contributed by atoms with van der Waals surface area (Å²) in [5.41, 5.74) is 6.17. The summed E-state index contributed by atoms with van der Waals surface area (Å²) in [5, 5.41) is 2.12. The Labute approximate surface area is 98.8 Å². The third-order valence-corrected chi connectivity index (χ3v) is 4.43. The molecule has 2 N–H and O–H groups in total. The molecule has 0 saturated carbocycles. The van der Waals surface area contributed by atoms with Gasteiger partial charge in [-0.2, -0.15) is 0 Å². The van der Waals surface area contributed by atoms with Crippen LogP contribution in [0.3, 0.4) is 0 Å². The number of nitrogens with two attached hydrogens (primary N) is 1. The van der Waals surface area contributed by atoms with Gasteiger partial charge < -0.3 is 5.73 Å². The van der Waals surface area contributed by atoms with Crippen LogP contribution in [0, 0.1) is 5.92 Å². The van der Waals surface area contributed by atoms with Crippen molar-refractivity contribution in [3.8, 4) is 0 Å². The average molecular weight is 276 g/mol. The zero-order chi connectivity index (χ0) is 10.6. The fourth-order valence-electron chi connectivity index (χ4n) is 1.75. The maximum absolute atomic E-state index is 6.17. The van der Waals surface area contributed by atoms with Gasteiger partial charge in [-0.25, -0.2) is 0 Å². The van der Waals surface area contributed by atoms with Gasteiger partial charge in [-0.05, 0) is 34.3 Å². The van der Waals surface area contributed by atoms with Gasteiger partial charge in [-0.15, -0.1) is 11.3 Å². The Morgan fingerprint density at radius 1 is 1.43 bits per heavy atom. The van der Waals surface area contributed by atoms with Crippen LogP contribution in [-0.2, 0) is 6.42 Å². The van der Waals surface area contributed by atoms with Crippen LogP contribution < -0.4 is 5.73 Å². The quantitative estimate of drug-likeness (QED) is 0.869. The fourth-order valence-corrected chi connectivity index (χ4v) is 3.28. The highest BCUT2D eigenvalue weighted by molar-refractivity contribution is 9.10. The van der Waals surface area contributed by atoms with E-state index < -0.39 is 0 Å². The summed E-state index contributed by atoms with van der Waals surface area (Å²) in [5.74, 6) is 0.663. The molecule has 3 heteroatoms. The van der Waals surface area contributed by atoms with Crippen LogP contribution in [-0.4, -0.2) is 6.04 Å². The van der Waals surface area contributed by atoms with Gasteiger partial charge >= 0.3 is 0 Å². The molecule has 0 fully saturated rings. The third kappa shape index (κ3) is 3.37. The summed E-state index contributed by atoms with van der Waals surface area (Å²) in [6.45, 7) is 4.44. The molecular weight excluding hydrogens is 258 g/mol. The molecule has 0 aliphatic rings. The first kappa shape index (κ1) is 12.2. The number of thiophene rings is 1. The molecule has 0 aromatic carbocycles. The summed E-state index contributed by atoms with van der Waals surface area (Å²) in [4.78, 5) is 1.39. The topological polar surface area (TPSA) is 26.0 Å². The van der Waals surface area contributed by atoms with Crippen molar-refractivity contribution in [2.45, 2.75) is 39.2 Å². The van der Waals surface area contributed by atoms with Gasteiger partial charge in [0, 0.05) is 20.8 Å². The van der Waals surface area contributed by atoms with E-state index >= 15 is 0 Å². The lowest BCUT2D eigenvalue weighted by Gasteiger charge is -2.20. The molecule has 1 unspecified atom stereocenters. The standard InChI is InChI=1S/C11H18BrNS/c1-3-8(4-2)11(13)6-10-5-9(12)7-14-10/h5,7-8,11H,3-4,6,13H2,1-2H3. The van der Waals surface area contributed by atoms with Crippen molar-refractivity contribution in [3.63, 3.8) is 0 Å². The summed E-state index contributed by atoms with van der Waals surface area (Å²) in [6.07, 6.45) is 3.39. The zero-order valence-electron chi connectivity index (χ0n) is 8.79. The molecule has 1 heterocycles. The van der Waals surface area contributed by atoms with Crippen LogP contribution in [0.1, 0.15) is 31.6 Å². The molecule has 0 spiro atoms. The Balaban J connectivity index is 2.51. The highest BCUT2D eigenvalue weighted by Gasteiger charge is 2.14. The number of halogens is 1. The van der Waals surface area contributed by atoms with Gasteiger partial charge in [-0.3, -0.25) is 0 Å². The van der Waals surface area contributed by atoms with E-state index in [4.69, 9.17) is 5.73 Å². The van der Waals surface area contributed by atoms with Gasteiger partial charge in [0.05, 0.1) is 0 Å². The first-order chi connectivity index (χ1) is 6.67. The van der Waals surface area contributed by atoms with Crippen molar-refractivity contribution in [1.82, 2.24) is 0 Å². The average Bonchev–Trinajstić information content (AvgIpc) is 2.53. The van der Waals surface area contributed by atoms with E-state index in [1.165, 1.54) is 22.2 Å². The van der Waals surface area contributed by atoms with Crippen LogP contribution in [0.15, 0.2) is 15.9 Å². The van der Waals surface area contributed by atoms with E-state index in [-0.39, 0.29) is 0 Å². The lowest BCUT2D eigenvalue weighted by atomic mass is 9.92. The van der Waals surface area contributed by atoms with Crippen molar-refractivity contribution >= 4 is 27.3 Å². The Hall–Kier alpha value is 0.140. The smallest absolute Gasteiger partial charge is 0.0285 e. The second-order valence-electron chi connectivity index (χ2n) is 3.68. The molecule has 1 aromatic rings. The van der Waals surface area contributed by atoms with Gasteiger partial charge in [0.2, 0.25) is 0 Å². The summed E-state index contributed by atoms with van der Waals surface area (Å²) in [6, 6.07) is 2.49. The first-order valence-electron chi connectivity index (χ1n) is 5.15. The van der Waals surface area contributed by atoms with Crippen LogP contribution in [0.4, 0.5) is 0 Å². The monoisotopic (exact) mass is 275 g/mol. The minimum Gasteiger partial charge on any atom is -0.327 e. The lowest BCUT2D eigenvalue weighted by molar-refractivity contribution is 0.395. The Bertz CT molecular complexity index is 268. The molecular formula is C11H18BrNS. The molecule has 14 heavy (non-hydrogen) atoms. The van der Waals surface area contributed by atoms with Gasteiger partial charge in [0.1, 0.15) is 0 Å². The molecule has 0 bridgehead atoms. The van der Waals surface area contributed by atoms with E-state index in [1.54, 1.807) is 11.3 Å². The minimum absolute atomic E-state index is 0.315. The van der Waals surface area contributed by atoms with E-state index in [9.17, 15) is 0 Å². The van der Waals surface area contributed by atoms with Crippen molar-refractivity contribution < 1.29 is 0 Å². The van der Waals surface area contributed by atoms with E-state index in [0.29, 0.717) is 12.0 Å². The van der Waals surface area contributed by atoms with E-state index in [1.807, 2.05) is 0 Å². The Morgan fingerprint density at radius 2 is 2.07 bits per heavy atom. The second kappa shape index (κ2) is 5.89. The normalized spacial score (nSPS) is 13.5. The summed E-state index contributed by atoms with van der Waals surface area (Å²) >= 11 is 5.25. The van der Waals surface area contributed by atoms with Crippen molar-refractivity contribution in [2.24, 2.45) is 11.7 Å². The molecule has 1 rings (SSSR count). The molecule has 1 atom stereocenters. The maximum atomic E-state index is 6.17. The fraction of sp³-hybridized carbons (Fsp3) is 0.636. The minimum atomic E-state index is 0.315. The molecule has 1 nitrogen and oxygen atoms in total. The van der Waals surface area contributed by atoms with Crippen molar-refractivity contribution in [2.75, 3.05) is 0 Å². The van der Waals surface area contributed by atoms with Crippen LogP contribution in [0.5, 0.6) is 0 Å². The van der Waals surface area contributed by atoms with Gasteiger partial charge in [-0.1, -0.05) is 26.7 Å². The molecule has 0 aliphatic carbocycles. The molecule has 1 aromatic heterocycles. The Morgan fingerprint density at radius 3 is 2.50 bits per heavy atom. The van der Waals surface area contributed by atoms with Crippen LogP contribution >= 0.6 is 27.3 Å². The summed E-state index contributed by atoms with van der Waals surface area (Å²) in [7, 11) is 0. The van der Waals surface area contributed by atoms with Crippen molar-refractivity contribution in [3.05, 3.63) is 20.8 Å². The SMILES string of the molecule is CCC(CC)C(N)Cc1cc(Br)cs1. The van der Waals surface area contributed by atoms with E-state index in [2.05, 4.69) is 41.2 Å². The molecule has 0 radical (unpaired) electrons. The number of rotatable bonds is 5.